The van der Waals surface area contributed by atoms with Gasteiger partial charge < -0.3 is 5.73 Å². The van der Waals surface area contributed by atoms with Crippen molar-refractivity contribution >= 4 is 5.91 Å². The van der Waals surface area contributed by atoms with E-state index in [0.29, 0.717) is 6.42 Å². The molecule has 0 aromatic heterocycles. The Morgan fingerprint density at radius 1 is 1.44 bits per heavy atom. The molecule has 2 rings (SSSR count). The SMILES string of the molecule is CC(CC(N)=O)N1CCc2ccccc2C1. The molecule has 3 nitrogen and oxygen atoms in total. The standard InChI is InChI=1S/C13H18N2O/c1-10(8-13(14)16)15-7-6-11-4-2-3-5-12(11)9-15/h2-5,10H,6-9H2,1H3,(H2,14,16). The Kier molecular flexibility index (Phi) is 3.25. The number of carbonyl (C=O) groups is 1. The van der Waals surface area contributed by atoms with E-state index in [0.717, 1.165) is 19.5 Å². The van der Waals surface area contributed by atoms with Crippen LogP contribution in [0.2, 0.25) is 0 Å². The van der Waals surface area contributed by atoms with Crippen molar-refractivity contribution in [2.75, 3.05) is 6.54 Å². The van der Waals surface area contributed by atoms with Crippen molar-refractivity contribution in [3.05, 3.63) is 35.4 Å². The molecular formula is C13H18N2O. The maximum atomic E-state index is 10.9. The number of fused-ring (bicyclic) bond motifs is 1. The smallest absolute Gasteiger partial charge is 0.218 e. The third-order valence-corrected chi connectivity index (χ3v) is 3.28. The van der Waals surface area contributed by atoms with Gasteiger partial charge in [-0.3, -0.25) is 9.69 Å². The van der Waals surface area contributed by atoms with Crippen molar-refractivity contribution in [1.29, 1.82) is 0 Å². The Hall–Kier alpha value is -1.35. The van der Waals surface area contributed by atoms with Crippen molar-refractivity contribution in [3.63, 3.8) is 0 Å². The lowest BCUT2D eigenvalue weighted by Gasteiger charge is -2.33. The molecule has 1 aromatic rings. The van der Waals surface area contributed by atoms with E-state index in [1.54, 1.807) is 0 Å². The van der Waals surface area contributed by atoms with Crippen LogP contribution in [0, 0.1) is 0 Å². The van der Waals surface area contributed by atoms with Crippen LogP contribution < -0.4 is 5.73 Å². The number of primary amides is 1. The normalized spacial score (nSPS) is 17.8. The number of carbonyl (C=O) groups excluding carboxylic acids is 1. The number of hydrogen-bond acceptors (Lipinski definition) is 2. The maximum absolute atomic E-state index is 10.9. The lowest BCUT2D eigenvalue weighted by atomic mass is 9.98. The molecule has 0 fully saturated rings. The molecule has 0 saturated heterocycles. The minimum absolute atomic E-state index is 0.216. The van der Waals surface area contributed by atoms with Crippen LogP contribution >= 0.6 is 0 Å². The molecule has 0 aliphatic carbocycles. The van der Waals surface area contributed by atoms with Crippen LogP contribution in [0.4, 0.5) is 0 Å². The molecule has 16 heavy (non-hydrogen) atoms. The van der Waals surface area contributed by atoms with E-state index in [-0.39, 0.29) is 11.9 Å². The first kappa shape index (κ1) is 11.1. The average molecular weight is 218 g/mol. The molecule has 86 valence electrons. The Balaban J connectivity index is 2.05. The van der Waals surface area contributed by atoms with E-state index in [1.165, 1.54) is 11.1 Å². The third kappa shape index (κ3) is 2.42. The van der Waals surface area contributed by atoms with Gasteiger partial charge in [0, 0.05) is 25.6 Å². The second-order valence-electron chi connectivity index (χ2n) is 4.51. The Labute approximate surface area is 96.2 Å². The fourth-order valence-corrected chi connectivity index (χ4v) is 2.31. The summed E-state index contributed by atoms with van der Waals surface area (Å²) < 4.78 is 0. The Morgan fingerprint density at radius 3 is 2.81 bits per heavy atom. The predicted molar refractivity (Wildman–Crippen MR) is 63.8 cm³/mol. The summed E-state index contributed by atoms with van der Waals surface area (Å²) in [5.74, 6) is -0.216. The zero-order chi connectivity index (χ0) is 11.5. The van der Waals surface area contributed by atoms with Crippen molar-refractivity contribution in [2.24, 2.45) is 5.73 Å². The summed E-state index contributed by atoms with van der Waals surface area (Å²) in [5, 5.41) is 0. The van der Waals surface area contributed by atoms with Crippen LogP contribution in [0.25, 0.3) is 0 Å². The average Bonchev–Trinajstić information content (AvgIpc) is 2.27. The molecule has 0 radical (unpaired) electrons. The molecule has 3 heteroatoms. The van der Waals surface area contributed by atoms with Crippen LogP contribution in [0.1, 0.15) is 24.5 Å². The van der Waals surface area contributed by atoms with Gasteiger partial charge in [-0.15, -0.1) is 0 Å². The van der Waals surface area contributed by atoms with Gasteiger partial charge in [0.15, 0.2) is 0 Å². The van der Waals surface area contributed by atoms with Gasteiger partial charge in [-0.1, -0.05) is 24.3 Å². The molecule has 1 aromatic carbocycles. The highest BCUT2D eigenvalue weighted by molar-refractivity contribution is 5.74. The number of nitrogens with two attached hydrogens (primary N) is 1. The molecule has 1 aliphatic heterocycles. The van der Waals surface area contributed by atoms with Crippen molar-refractivity contribution < 1.29 is 4.79 Å². The summed E-state index contributed by atoms with van der Waals surface area (Å²) in [5.41, 5.74) is 8.04. The molecule has 1 atom stereocenters. The van der Waals surface area contributed by atoms with Gasteiger partial charge in [-0.25, -0.2) is 0 Å². The summed E-state index contributed by atoms with van der Waals surface area (Å²) in [7, 11) is 0. The van der Waals surface area contributed by atoms with E-state index in [9.17, 15) is 4.79 Å². The predicted octanol–water partition coefficient (Wildman–Crippen LogP) is 1.31. The molecular weight excluding hydrogens is 200 g/mol. The van der Waals surface area contributed by atoms with Gasteiger partial charge in [-0.2, -0.15) is 0 Å². The Morgan fingerprint density at radius 2 is 2.12 bits per heavy atom. The molecule has 0 saturated carbocycles. The topological polar surface area (TPSA) is 46.3 Å². The monoisotopic (exact) mass is 218 g/mol. The van der Waals surface area contributed by atoms with Crippen molar-refractivity contribution in [3.8, 4) is 0 Å². The first-order valence-electron chi connectivity index (χ1n) is 5.76. The largest absolute Gasteiger partial charge is 0.370 e. The minimum Gasteiger partial charge on any atom is -0.370 e. The lowest BCUT2D eigenvalue weighted by molar-refractivity contribution is -0.119. The molecule has 2 N–H and O–H groups in total. The zero-order valence-electron chi connectivity index (χ0n) is 9.65. The van der Waals surface area contributed by atoms with E-state index in [1.807, 2.05) is 0 Å². The van der Waals surface area contributed by atoms with Crippen molar-refractivity contribution in [1.82, 2.24) is 4.90 Å². The number of benzene rings is 1. The second kappa shape index (κ2) is 4.66. The minimum atomic E-state index is -0.216. The summed E-state index contributed by atoms with van der Waals surface area (Å²) in [4.78, 5) is 13.2. The van der Waals surface area contributed by atoms with Gasteiger partial charge >= 0.3 is 0 Å². The molecule has 1 heterocycles. The maximum Gasteiger partial charge on any atom is 0.218 e. The van der Waals surface area contributed by atoms with E-state index in [2.05, 4.69) is 36.1 Å². The highest BCUT2D eigenvalue weighted by atomic mass is 16.1. The highest BCUT2D eigenvalue weighted by Gasteiger charge is 2.21. The first-order chi connectivity index (χ1) is 7.66. The van der Waals surface area contributed by atoms with Crippen LogP contribution in [0.3, 0.4) is 0 Å². The van der Waals surface area contributed by atoms with Crippen LogP contribution in [-0.2, 0) is 17.8 Å². The fraction of sp³-hybridized carbons (Fsp3) is 0.462. The molecule has 1 amide bonds. The molecule has 0 spiro atoms. The molecule has 1 aliphatic rings. The second-order valence-corrected chi connectivity index (χ2v) is 4.51. The van der Waals surface area contributed by atoms with E-state index >= 15 is 0 Å². The van der Waals surface area contributed by atoms with Gasteiger partial charge in [-0.05, 0) is 24.5 Å². The summed E-state index contributed by atoms with van der Waals surface area (Å²) >= 11 is 0. The summed E-state index contributed by atoms with van der Waals surface area (Å²) in [6, 6.07) is 8.75. The van der Waals surface area contributed by atoms with Crippen LogP contribution in [0.5, 0.6) is 0 Å². The first-order valence-corrected chi connectivity index (χ1v) is 5.76. The summed E-state index contributed by atoms with van der Waals surface area (Å²) in [6.45, 7) is 4.02. The van der Waals surface area contributed by atoms with Gasteiger partial charge in [0.05, 0.1) is 0 Å². The number of hydrogen-bond donors (Lipinski definition) is 1. The number of amides is 1. The lowest BCUT2D eigenvalue weighted by Crippen LogP contribution is -2.39. The number of rotatable bonds is 3. The molecule has 1 unspecified atom stereocenters. The van der Waals surface area contributed by atoms with Crippen LogP contribution in [-0.4, -0.2) is 23.4 Å². The molecule has 0 bridgehead atoms. The highest BCUT2D eigenvalue weighted by Crippen LogP contribution is 2.20. The van der Waals surface area contributed by atoms with Crippen LogP contribution in [0.15, 0.2) is 24.3 Å². The van der Waals surface area contributed by atoms with E-state index in [4.69, 9.17) is 5.73 Å². The Bertz CT molecular complexity index is 389. The van der Waals surface area contributed by atoms with Gasteiger partial charge in [0.25, 0.3) is 0 Å². The quantitative estimate of drug-likeness (QED) is 0.831. The zero-order valence-corrected chi connectivity index (χ0v) is 9.65. The third-order valence-electron chi connectivity index (χ3n) is 3.28. The number of nitrogens with zero attached hydrogens (tertiary/aromatic N) is 1. The fourth-order valence-electron chi connectivity index (χ4n) is 2.31. The van der Waals surface area contributed by atoms with Gasteiger partial charge in [0.2, 0.25) is 5.91 Å². The van der Waals surface area contributed by atoms with Crippen molar-refractivity contribution in [2.45, 2.75) is 32.4 Å². The van der Waals surface area contributed by atoms with E-state index < -0.39 is 0 Å². The van der Waals surface area contributed by atoms with Gasteiger partial charge in [0.1, 0.15) is 0 Å². The summed E-state index contributed by atoms with van der Waals surface area (Å²) in [6.07, 6.45) is 1.52.